The molecular weight excluding hydrogens is 154 g/mol. The summed E-state index contributed by atoms with van der Waals surface area (Å²) in [5.41, 5.74) is 0. The molecule has 0 aliphatic rings. The molecule has 0 aliphatic heterocycles. The van der Waals surface area contributed by atoms with Crippen molar-refractivity contribution in [3.8, 4) is 0 Å². The third-order valence-corrected chi connectivity index (χ3v) is 1.29. The van der Waals surface area contributed by atoms with E-state index in [1.165, 1.54) is 4.90 Å². The summed E-state index contributed by atoms with van der Waals surface area (Å²) in [5, 5.41) is 16.4. The Labute approximate surface area is 64.9 Å². The minimum atomic E-state index is -0.428. The summed E-state index contributed by atoms with van der Waals surface area (Å²) < 4.78 is 0. The number of amides is 1. The van der Waals surface area contributed by atoms with Crippen LogP contribution < -0.4 is 0 Å². The van der Waals surface area contributed by atoms with E-state index in [0.29, 0.717) is 0 Å². The summed E-state index contributed by atoms with van der Waals surface area (Å²) in [6.07, 6.45) is 0. The van der Waals surface area contributed by atoms with E-state index in [4.69, 9.17) is 10.2 Å². The van der Waals surface area contributed by atoms with Crippen molar-refractivity contribution in [3.05, 3.63) is 0 Å². The van der Waals surface area contributed by atoms with Crippen molar-refractivity contribution in [3.63, 3.8) is 0 Å². The first-order chi connectivity index (χ1) is 4.72. The Kier molecular flexibility index (Phi) is 5.38. The van der Waals surface area contributed by atoms with Crippen molar-refractivity contribution in [2.75, 3.05) is 26.3 Å². The van der Waals surface area contributed by atoms with Gasteiger partial charge in [-0.1, -0.05) is 12.6 Å². The lowest BCUT2D eigenvalue weighted by atomic mass is 10.5. The third-order valence-electron chi connectivity index (χ3n) is 1.01. The van der Waals surface area contributed by atoms with Crippen LogP contribution in [0.4, 0.5) is 4.79 Å². The van der Waals surface area contributed by atoms with Crippen LogP contribution in [-0.2, 0) is 0 Å². The zero-order chi connectivity index (χ0) is 7.98. The molecule has 0 saturated heterocycles. The van der Waals surface area contributed by atoms with Crippen molar-refractivity contribution in [1.29, 1.82) is 0 Å². The fraction of sp³-hybridized carbons (Fsp3) is 0.800. The summed E-state index contributed by atoms with van der Waals surface area (Å²) in [6.45, 7) is 0.240. The highest BCUT2D eigenvalue weighted by atomic mass is 32.1. The van der Waals surface area contributed by atoms with Crippen LogP contribution in [0.5, 0.6) is 0 Å². The lowest BCUT2D eigenvalue weighted by molar-refractivity contribution is 0.175. The van der Waals surface area contributed by atoms with Gasteiger partial charge in [0.1, 0.15) is 0 Å². The first-order valence-corrected chi connectivity index (χ1v) is 3.36. The predicted octanol–water partition coefficient (Wildman–Crippen LogP) is -0.677. The average Bonchev–Trinajstić information content (AvgIpc) is 1.87. The van der Waals surface area contributed by atoms with Gasteiger partial charge in [-0.15, -0.1) is 0 Å². The van der Waals surface area contributed by atoms with Crippen LogP contribution in [0.2, 0.25) is 0 Å². The molecule has 4 nitrogen and oxygen atoms in total. The van der Waals surface area contributed by atoms with Crippen molar-refractivity contribution in [1.82, 2.24) is 4.90 Å². The van der Waals surface area contributed by atoms with Crippen LogP contribution in [0, 0.1) is 0 Å². The Morgan fingerprint density at radius 2 is 1.70 bits per heavy atom. The monoisotopic (exact) mass is 165 g/mol. The minimum Gasteiger partial charge on any atom is -0.395 e. The molecule has 0 rings (SSSR count). The lowest BCUT2D eigenvalue weighted by Gasteiger charge is -2.16. The smallest absolute Gasteiger partial charge is 0.278 e. The molecule has 0 aliphatic carbocycles. The summed E-state index contributed by atoms with van der Waals surface area (Å²) in [4.78, 5) is 11.7. The van der Waals surface area contributed by atoms with E-state index in [-0.39, 0.29) is 26.3 Å². The molecule has 0 radical (unpaired) electrons. The Hall–Kier alpha value is -0.260. The van der Waals surface area contributed by atoms with E-state index in [1.54, 1.807) is 0 Å². The first kappa shape index (κ1) is 9.74. The van der Waals surface area contributed by atoms with Gasteiger partial charge in [0.2, 0.25) is 0 Å². The Morgan fingerprint density at radius 1 is 1.30 bits per heavy atom. The molecule has 0 aromatic carbocycles. The number of aliphatic hydroxyl groups is 2. The molecule has 0 saturated carbocycles. The van der Waals surface area contributed by atoms with Crippen LogP contribution in [0.1, 0.15) is 0 Å². The molecule has 0 fully saturated rings. The second kappa shape index (κ2) is 5.52. The molecule has 1 amide bonds. The van der Waals surface area contributed by atoms with Gasteiger partial charge in [-0.05, 0) is 0 Å². The normalized spacial score (nSPS) is 9.50. The van der Waals surface area contributed by atoms with Crippen LogP contribution >= 0.6 is 12.6 Å². The molecule has 0 aromatic rings. The summed E-state index contributed by atoms with van der Waals surface area (Å²) >= 11 is 3.53. The summed E-state index contributed by atoms with van der Waals surface area (Å²) in [7, 11) is 0. The molecule has 10 heavy (non-hydrogen) atoms. The van der Waals surface area contributed by atoms with Crippen molar-refractivity contribution in [2.24, 2.45) is 0 Å². The van der Waals surface area contributed by atoms with E-state index in [0.717, 1.165) is 0 Å². The average molecular weight is 165 g/mol. The quantitative estimate of drug-likeness (QED) is 0.484. The molecule has 60 valence electrons. The van der Waals surface area contributed by atoms with Gasteiger partial charge in [-0.2, -0.15) is 0 Å². The van der Waals surface area contributed by atoms with E-state index < -0.39 is 5.24 Å². The van der Waals surface area contributed by atoms with E-state index in [9.17, 15) is 4.79 Å². The number of rotatable bonds is 4. The van der Waals surface area contributed by atoms with Gasteiger partial charge in [0.15, 0.2) is 0 Å². The maximum absolute atomic E-state index is 10.5. The molecule has 0 aromatic heterocycles. The molecule has 5 heteroatoms. The largest absolute Gasteiger partial charge is 0.395 e. The number of carbonyl (C=O) groups excluding carboxylic acids is 1. The van der Waals surface area contributed by atoms with E-state index in [1.807, 2.05) is 0 Å². The van der Waals surface area contributed by atoms with Crippen LogP contribution in [0.25, 0.3) is 0 Å². The van der Waals surface area contributed by atoms with Gasteiger partial charge < -0.3 is 15.1 Å². The highest BCUT2D eigenvalue weighted by Gasteiger charge is 2.05. The number of aliphatic hydroxyl groups excluding tert-OH is 2. The highest BCUT2D eigenvalue weighted by molar-refractivity contribution is 7.96. The zero-order valence-electron chi connectivity index (χ0n) is 5.53. The van der Waals surface area contributed by atoms with E-state index >= 15 is 0 Å². The van der Waals surface area contributed by atoms with Gasteiger partial charge >= 0.3 is 0 Å². The zero-order valence-corrected chi connectivity index (χ0v) is 6.42. The Bertz CT molecular complexity index is 103. The molecular formula is C5H11NO3S. The van der Waals surface area contributed by atoms with Crippen molar-refractivity contribution < 1.29 is 15.0 Å². The number of hydrogen-bond acceptors (Lipinski definition) is 3. The molecule has 0 unspecified atom stereocenters. The van der Waals surface area contributed by atoms with Gasteiger partial charge in [0.25, 0.3) is 5.24 Å². The Balaban J connectivity index is 3.61. The topological polar surface area (TPSA) is 60.8 Å². The summed E-state index contributed by atoms with van der Waals surface area (Å²) in [5.74, 6) is 0. The first-order valence-electron chi connectivity index (χ1n) is 2.92. The van der Waals surface area contributed by atoms with Crippen molar-refractivity contribution in [2.45, 2.75) is 0 Å². The van der Waals surface area contributed by atoms with Gasteiger partial charge in [-0.25, -0.2) is 0 Å². The van der Waals surface area contributed by atoms with Gasteiger partial charge in [0, 0.05) is 13.1 Å². The third kappa shape index (κ3) is 3.71. The molecule has 0 bridgehead atoms. The van der Waals surface area contributed by atoms with Crippen LogP contribution in [-0.4, -0.2) is 46.7 Å². The fourth-order valence-electron chi connectivity index (χ4n) is 0.545. The molecule has 2 N–H and O–H groups in total. The van der Waals surface area contributed by atoms with Gasteiger partial charge in [0.05, 0.1) is 13.2 Å². The number of hydrogen-bond donors (Lipinski definition) is 3. The SMILES string of the molecule is O=C(S)N(CCO)CCO. The molecule has 0 spiro atoms. The predicted molar refractivity (Wildman–Crippen MR) is 40.1 cm³/mol. The van der Waals surface area contributed by atoms with E-state index in [2.05, 4.69) is 12.6 Å². The second-order valence-electron chi connectivity index (χ2n) is 1.72. The molecule has 0 heterocycles. The van der Waals surface area contributed by atoms with Gasteiger partial charge in [-0.3, -0.25) is 4.79 Å². The second-order valence-corrected chi connectivity index (χ2v) is 2.10. The van der Waals surface area contributed by atoms with Crippen LogP contribution in [0.3, 0.4) is 0 Å². The number of thiol groups is 1. The summed E-state index contributed by atoms with van der Waals surface area (Å²) in [6, 6.07) is 0. The van der Waals surface area contributed by atoms with Crippen molar-refractivity contribution >= 4 is 17.9 Å². The molecule has 0 atom stereocenters. The maximum atomic E-state index is 10.5. The standard InChI is InChI=1S/C5H11NO3S/c7-3-1-6(2-4-8)5(9)10/h7-8H,1-4H2,(H,9,10). The lowest BCUT2D eigenvalue weighted by Crippen LogP contribution is -2.31. The number of carbonyl (C=O) groups is 1. The van der Waals surface area contributed by atoms with Crippen LogP contribution in [0.15, 0.2) is 0 Å². The highest BCUT2D eigenvalue weighted by Crippen LogP contribution is 1.93. The minimum absolute atomic E-state index is 0.105. The number of nitrogens with zero attached hydrogens (tertiary/aromatic N) is 1. The Morgan fingerprint density at radius 3 is 1.90 bits per heavy atom. The maximum Gasteiger partial charge on any atom is 0.278 e. The fourth-order valence-corrected chi connectivity index (χ4v) is 0.745.